The molecular formula is C16H15ClINO2. The monoisotopic (exact) mass is 415 g/mol. The lowest BCUT2D eigenvalue weighted by molar-refractivity contribution is -0.122. The third-order valence-corrected chi connectivity index (χ3v) is 3.84. The van der Waals surface area contributed by atoms with Crippen molar-refractivity contribution >= 4 is 45.8 Å². The highest BCUT2D eigenvalue weighted by molar-refractivity contribution is 14.1. The van der Waals surface area contributed by atoms with E-state index in [-0.39, 0.29) is 5.91 Å². The van der Waals surface area contributed by atoms with Crippen molar-refractivity contribution in [2.24, 2.45) is 0 Å². The highest BCUT2D eigenvalue weighted by atomic mass is 127. The first kappa shape index (κ1) is 16.1. The van der Waals surface area contributed by atoms with Crippen LogP contribution in [0, 0.1) is 3.57 Å². The Labute approximate surface area is 142 Å². The summed E-state index contributed by atoms with van der Waals surface area (Å²) in [4.78, 5) is 12.2. The van der Waals surface area contributed by atoms with Gasteiger partial charge < -0.3 is 10.1 Å². The van der Waals surface area contributed by atoms with Gasteiger partial charge in [-0.2, -0.15) is 0 Å². The highest BCUT2D eigenvalue weighted by Crippen LogP contribution is 2.18. The average molecular weight is 416 g/mol. The van der Waals surface area contributed by atoms with Gasteiger partial charge in [-0.15, -0.1) is 0 Å². The van der Waals surface area contributed by atoms with E-state index in [9.17, 15) is 4.79 Å². The molecule has 2 rings (SSSR count). The number of amides is 1. The van der Waals surface area contributed by atoms with Gasteiger partial charge in [0.05, 0.1) is 0 Å². The molecule has 0 unspecified atom stereocenters. The number of carbonyl (C=O) groups excluding carboxylic acids is 1. The Morgan fingerprint density at radius 3 is 2.38 bits per heavy atom. The van der Waals surface area contributed by atoms with Gasteiger partial charge in [-0.25, -0.2) is 0 Å². The smallest absolute Gasteiger partial charge is 0.265 e. The van der Waals surface area contributed by atoms with Crippen molar-refractivity contribution in [2.45, 2.75) is 19.4 Å². The van der Waals surface area contributed by atoms with Crippen LogP contribution >= 0.6 is 34.2 Å². The minimum atomic E-state index is -0.537. The molecule has 0 spiro atoms. The van der Waals surface area contributed by atoms with Gasteiger partial charge in [0.15, 0.2) is 6.10 Å². The largest absolute Gasteiger partial charge is 0.481 e. The first-order valence-electron chi connectivity index (χ1n) is 6.57. The van der Waals surface area contributed by atoms with Crippen molar-refractivity contribution in [3.63, 3.8) is 0 Å². The number of halogens is 2. The Balaban J connectivity index is 2.01. The Morgan fingerprint density at radius 2 is 1.81 bits per heavy atom. The zero-order valence-corrected chi connectivity index (χ0v) is 14.4. The second-order valence-electron chi connectivity index (χ2n) is 4.46. The molecule has 0 saturated heterocycles. The minimum Gasteiger partial charge on any atom is -0.481 e. The maximum absolute atomic E-state index is 12.2. The molecule has 2 aromatic rings. The van der Waals surface area contributed by atoms with Crippen LogP contribution in [0.25, 0.3) is 0 Å². The number of nitrogens with one attached hydrogen (secondary N) is 1. The average Bonchev–Trinajstić information content (AvgIpc) is 2.49. The van der Waals surface area contributed by atoms with E-state index in [2.05, 4.69) is 27.9 Å². The van der Waals surface area contributed by atoms with E-state index in [1.54, 1.807) is 24.3 Å². The molecule has 0 saturated carbocycles. The fourth-order valence-corrected chi connectivity index (χ4v) is 2.24. The van der Waals surface area contributed by atoms with Crippen molar-refractivity contribution in [2.75, 3.05) is 5.32 Å². The zero-order chi connectivity index (χ0) is 15.2. The second-order valence-corrected chi connectivity index (χ2v) is 6.15. The summed E-state index contributed by atoms with van der Waals surface area (Å²) in [6, 6.07) is 14.6. The van der Waals surface area contributed by atoms with Crippen LogP contribution in [0.4, 0.5) is 5.69 Å². The van der Waals surface area contributed by atoms with Gasteiger partial charge in [0.2, 0.25) is 0 Å². The van der Waals surface area contributed by atoms with Crippen LogP contribution < -0.4 is 10.1 Å². The molecule has 21 heavy (non-hydrogen) atoms. The van der Waals surface area contributed by atoms with E-state index in [1.807, 2.05) is 31.2 Å². The van der Waals surface area contributed by atoms with Crippen molar-refractivity contribution in [1.82, 2.24) is 0 Å². The molecule has 0 aliphatic rings. The topological polar surface area (TPSA) is 38.3 Å². The zero-order valence-electron chi connectivity index (χ0n) is 11.5. The summed E-state index contributed by atoms with van der Waals surface area (Å²) in [6.07, 6.45) is 0.0456. The summed E-state index contributed by atoms with van der Waals surface area (Å²) in [6.45, 7) is 1.91. The Kier molecular flexibility index (Phi) is 5.87. The van der Waals surface area contributed by atoms with E-state index in [4.69, 9.17) is 16.3 Å². The van der Waals surface area contributed by atoms with Gasteiger partial charge in [-0.1, -0.05) is 18.5 Å². The van der Waals surface area contributed by atoms with Crippen LogP contribution in [-0.2, 0) is 4.79 Å². The molecule has 0 aliphatic carbocycles. The number of rotatable bonds is 5. The summed E-state index contributed by atoms with van der Waals surface area (Å²) in [5.74, 6) is 0.470. The van der Waals surface area contributed by atoms with Gasteiger partial charge in [0.25, 0.3) is 5.91 Å². The lowest BCUT2D eigenvalue weighted by Gasteiger charge is -2.17. The van der Waals surface area contributed by atoms with Gasteiger partial charge in [0.1, 0.15) is 5.75 Å². The number of ether oxygens (including phenoxy) is 1. The Hall–Kier alpha value is -1.27. The van der Waals surface area contributed by atoms with Gasteiger partial charge in [0, 0.05) is 14.3 Å². The van der Waals surface area contributed by atoms with E-state index in [0.717, 1.165) is 9.26 Å². The summed E-state index contributed by atoms with van der Waals surface area (Å²) >= 11 is 8.05. The van der Waals surface area contributed by atoms with E-state index < -0.39 is 6.10 Å². The van der Waals surface area contributed by atoms with Crippen LogP contribution in [0.15, 0.2) is 48.5 Å². The van der Waals surface area contributed by atoms with Crippen molar-refractivity contribution in [1.29, 1.82) is 0 Å². The number of carbonyl (C=O) groups is 1. The molecule has 3 nitrogen and oxygen atoms in total. The molecule has 1 amide bonds. The maximum Gasteiger partial charge on any atom is 0.265 e. The SMILES string of the molecule is CC[C@@H](Oc1ccc(Cl)cc1)C(=O)Nc1ccc(I)cc1. The molecule has 0 heterocycles. The van der Waals surface area contributed by atoms with Crippen molar-refractivity contribution in [3.8, 4) is 5.75 Å². The van der Waals surface area contributed by atoms with Crippen LogP contribution in [0.1, 0.15) is 13.3 Å². The lowest BCUT2D eigenvalue weighted by atomic mass is 10.2. The molecule has 5 heteroatoms. The lowest BCUT2D eigenvalue weighted by Crippen LogP contribution is -2.32. The molecule has 0 aromatic heterocycles. The predicted molar refractivity (Wildman–Crippen MR) is 93.9 cm³/mol. The first-order valence-corrected chi connectivity index (χ1v) is 8.03. The predicted octanol–water partition coefficient (Wildman–Crippen LogP) is 4.74. The number of hydrogen-bond acceptors (Lipinski definition) is 2. The Morgan fingerprint density at radius 1 is 1.19 bits per heavy atom. The van der Waals surface area contributed by atoms with Crippen molar-refractivity contribution in [3.05, 3.63) is 57.1 Å². The fourth-order valence-electron chi connectivity index (χ4n) is 1.76. The van der Waals surface area contributed by atoms with Crippen LogP contribution in [0.5, 0.6) is 5.75 Å². The molecule has 1 N–H and O–H groups in total. The van der Waals surface area contributed by atoms with E-state index >= 15 is 0 Å². The van der Waals surface area contributed by atoms with Gasteiger partial charge >= 0.3 is 0 Å². The van der Waals surface area contributed by atoms with E-state index in [1.165, 1.54) is 0 Å². The quantitative estimate of drug-likeness (QED) is 0.716. The summed E-state index contributed by atoms with van der Waals surface area (Å²) in [7, 11) is 0. The van der Waals surface area contributed by atoms with Crippen LogP contribution in [0.3, 0.4) is 0 Å². The first-order chi connectivity index (χ1) is 10.1. The molecule has 1 atom stereocenters. The number of hydrogen-bond donors (Lipinski definition) is 1. The summed E-state index contributed by atoms with van der Waals surface area (Å²) in [5, 5.41) is 3.50. The standard InChI is InChI=1S/C16H15ClINO2/c1-2-15(21-14-9-3-11(17)4-10-14)16(20)19-13-7-5-12(18)6-8-13/h3-10,15H,2H2,1H3,(H,19,20)/t15-/m1/s1. The molecule has 0 radical (unpaired) electrons. The fraction of sp³-hybridized carbons (Fsp3) is 0.188. The van der Waals surface area contributed by atoms with Crippen LogP contribution in [0.2, 0.25) is 5.02 Å². The molecule has 0 fully saturated rings. The number of benzene rings is 2. The van der Waals surface area contributed by atoms with Gasteiger partial charge in [-0.05, 0) is 77.5 Å². The molecule has 0 bridgehead atoms. The Bertz CT molecular complexity index is 599. The summed E-state index contributed by atoms with van der Waals surface area (Å²) in [5.41, 5.74) is 0.763. The second kappa shape index (κ2) is 7.66. The molecule has 110 valence electrons. The third-order valence-electron chi connectivity index (χ3n) is 2.87. The maximum atomic E-state index is 12.2. The normalized spacial score (nSPS) is 11.8. The molecular weight excluding hydrogens is 401 g/mol. The molecule has 2 aromatic carbocycles. The minimum absolute atomic E-state index is 0.159. The summed E-state index contributed by atoms with van der Waals surface area (Å²) < 4.78 is 6.82. The van der Waals surface area contributed by atoms with Crippen LogP contribution in [-0.4, -0.2) is 12.0 Å². The van der Waals surface area contributed by atoms with Gasteiger partial charge in [-0.3, -0.25) is 4.79 Å². The van der Waals surface area contributed by atoms with E-state index in [0.29, 0.717) is 17.2 Å². The van der Waals surface area contributed by atoms with Crippen molar-refractivity contribution < 1.29 is 9.53 Å². The highest BCUT2D eigenvalue weighted by Gasteiger charge is 2.18. The third kappa shape index (κ3) is 4.89. The molecule has 0 aliphatic heterocycles. The number of anilines is 1.